The molecule has 204 valence electrons. The van der Waals surface area contributed by atoms with Gasteiger partial charge in [-0.3, -0.25) is 4.79 Å². The number of hydrogen-bond acceptors (Lipinski definition) is 6. The number of rotatable bonds is 5. The van der Waals surface area contributed by atoms with Crippen molar-refractivity contribution in [1.29, 1.82) is 0 Å². The fourth-order valence-electron chi connectivity index (χ4n) is 5.68. The van der Waals surface area contributed by atoms with Crippen LogP contribution in [0.25, 0.3) is 0 Å². The van der Waals surface area contributed by atoms with Crippen LogP contribution >= 0.6 is 0 Å². The highest BCUT2D eigenvalue weighted by Gasteiger charge is 2.38. The summed E-state index contributed by atoms with van der Waals surface area (Å²) in [7, 11) is 6.49. The molecule has 2 unspecified atom stereocenters. The Morgan fingerprint density at radius 3 is 2.44 bits per heavy atom. The lowest BCUT2D eigenvalue weighted by atomic mass is 9.87. The minimum Gasteiger partial charge on any atom is -0.493 e. The fraction of sp³-hybridized carbons (Fsp3) is 0.355. The number of carbonyl (C=O) groups excluding carboxylic acids is 2. The summed E-state index contributed by atoms with van der Waals surface area (Å²) in [5, 5.41) is 0. The smallest absolute Gasteiger partial charge is 0.414 e. The van der Waals surface area contributed by atoms with Crippen molar-refractivity contribution < 1.29 is 23.8 Å². The van der Waals surface area contributed by atoms with Crippen molar-refractivity contribution >= 4 is 23.4 Å². The van der Waals surface area contributed by atoms with Crippen LogP contribution in [-0.4, -0.2) is 57.8 Å². The van der Waals surface area contributed by atoms with E-state index in [0.717, 1.165) is 42.7 Å². The van der Waals surface area contributed by atoms with E-state index in [1.165, 1.54) is 10.5 Å². The van der Waals surface area contributed by atoms with Gasteiger partial charge in [0.25, 0.3) is 5.91 Å². The first kappa shape index (κ1) is 26.4. The van der Waals surface area contributed by atoms with E-state index >= 15 is 0 Å². The maximum Gasteiger partial charge on any atom is 0.414 e. The number of para-hydroxylation sites is 1. The molecule has 0 saturated heterocycles. The van der Waals surface area contributed by atoms with E-state index in [9.17, 15) is 9.59 Å². The van der Waals surface area contributed by atoms with E-state index in [0.29, 0.717) is 22.8 Å². The van der Waals surface area contributed by atoms with Crippen LogP contribution in [0.4, 0.5) is 16.2 Å². The molecule has 2 heterocycles. The normalized spacial score (nSPS) is 18.1. The van der Waals surface area contributed by atoms with Gasteiger partial charge >= 0.3 is 6.09 Å². The van der Waals surface area contributed by atoms with Gasteiger partial charge in [0, 0.05) is 43.6 Å². The summed E-state index contributed by atoms with van der Waals surface area (Å²) in [5.74, 6) is 1.60. The van der Waals surface area contributed by atoms with Gasteiger partial charge in [-0.1, -0.05) is 18.2 Å². The third-order valence-electron chi connectivity index (χ3n) is 7.56. The zero-order chi connectivity index (χ0) is 27.7. The number of aryl methyl sites for hydroxylation is 1. The molecule has 2 aliphatic rings. The number of nitrogens with zero attached hydrogens (tertiary/aromatic N) is 3. The second-order valence-corrected chi connectivity index (χ2v) is 10.3. The first-order valence-corrected chi connectivity index (χ1v) is 13.3. The summed E-state index contributed by atoms with van der Waals surface area (Å²) in [4.78, 5) is 31.7. The quantitative estimate of drug-likeness (QED) is 0.423. The summed E-state index contributed by atoms with van der Waals surface area (Å²) in [6.07, 6.45) is 2.32. The van der Waals surface area contributed by atoms with Gasteiger partial charge in [-0.15, -0.1) is 0 Å². The van der Waals surface area contributed by atoms with Crippen molar-refractivity contribution in [2.24, 2.45) is 0 Å². The van der Waals surface area contributed by atoms with Crippen molar-refractivity contribution in [3.05, 3.63) is 77.4 Å². The van der Waals surface area contributed by atoms with Gasteiger partial charge in [0.05, 0.1) is 20.3 Å². The summed E-state index contributed by atoms with van der Waals surface area (Å²) in [5.41, 5.74) is 4.91. The lowest BCUT2D eigenvalue weighted by Gasteiger charge is -2.46. The van der Waals surface area contributed by atoms with Crippen LogP contribution in [0.3, 0.4) is 0 Å². The largest absolute Gasteiger partial charge is 0.493 e. The van der Waals surface area contributed by atoms with Gasteiger partial charge in [-0.05, 0) is 79.8 Å². The summed E-state index contributed by atoms with van der Waals surface area (Å²) < 4.78 is 16.3. The Hall–Kier alpha value is -4.20. The molecule has 5 rings (SSSR count). The third-order valence-corrected chi connectivity index (χ3v) is 7.56. The first-order chi connectivity index (χ1) is 18.8. The van der Waals surface area contributed by atoms with Gasteiger partial charge in [-0.2, -0.15) is 0 Å². The molecule has 0 aliphatic carbocycles. The molecule has 0 saturated carbocycles. The average molecular weight is 530 g/mol. The molecular formula is C31H35N3O5. The van der Waals surface area contributed by atoms with E-state index in [1.54, 1.807) is 46.5 Å². The standard InChI is InChI=1S/C31H35N3O5/c1-20-17-27(33-16-8-9-21-18-23(13-14-25(21)33)39-31(36)32(2)3)24-10-6-7-11-26(24)34(20)30(35)22-12-15-28(37-4)29(19-22)38-5/h6-7,10-15,18-20,27H,8-9,16-17H2,1-5H3. The zero-order valence-electron chi connectivity index (χ0n) is 23.1. The minimum absolute atomic E-state index is 0.0313. The predicted octanol–water partition coefficient (Wildman–Crippen LogP) is 5.70. The minimum atomic E-state index is -0.392. The second-order valence-electron chi connectivity index (χ2n) is 10.3. The molecule has 0 bridgehead atoms. The second kappa shape index (κ2) is 10.9. The van der Waals surface area contributed by atoms with Crippen LogP contribution < -0.4 is 24.0 Å². The van der Waals surface area contributed by atoms with Crippen LogP contribution in [0.1, 0.15) is 47.3 Å². The topological polar surface area (TPSA) is 71.6 Å². The van der Waals surface area contributed by atoms with Crippen molar-refractivity contribution in [3.63, 3.8) is 0 Å². The Bertz CT molecular complexity index is 1390. The molecular weight excluding hydrogens is 494 g/mol. The molecule has 3 aromatic rings. The molecule has 2 amide bonds. The number of ether oxygens (including phenoxy) is 3. The predicted molar refractivity (Wildman–Crippen MR) is 151 cm³/mol. The van der Waals surface area contributed by atoms with Gasteiger partial charge in [0.1, 0.15) is 5.75 Å². The van der Waals surface area contributed by atoms with Crippen LogP contribution in [0.15, 0.2) is 60.7 Å². The maximum atomic E-state index is 13.9. The van der Waals surface area contributed by atoms with E-state index in [-0.39, 0.29) is 18.0 Å². The molecule has 0 N–H and O–H groups in total. The van der Waals surface area contributed by atoms with Crippen LogP contribution in [0.2, 0.25) is 0 Å². The molecule has 0 fully saturated rings. The zero-order valence-corrected chi connectivity index (χ0v) is 23.1. The lowest BCUT2D eigenvalue weighted by molar-refractivity contribution is 0.0973. The monoisotopic (exact) mass is 529 g/mol. The number of carbonyl (C=O) groups is 2. The summed E-state index contributed by atoms with van der Waals surface area (Å²) >= 11 is 0. The van der Waals surface area contributed by atoms with Crippen molar-refractivity contribution in [3.8, 4) is 17.2 Å². The highest BCUT2D eigenvalue weighted by molar-refractivity contribution is 6.07. The Balaban J connectivity index is 1.47. The number of amides is 2. The van der Waals surface area contributed by atoms with Crippen molar-refractivity contribution in [2.45, 2.75) is 38.3 Å². The Kier molecular flexibility index (Phi) is 7.37. The van der Waals surface area contributed by atoms with E-state index < -0.39 is 6.09 Å². The van der Waals surface area contributed by atoms with Crippen molar-refractivity contribution in [2.75, 3.05) is 44.7 Å². The van der Waals surface area contributed by atoms with Gasteiger partial charge in [0.2, 0.25) is 0 Å². The van der Waals surface area contributed by atoms with Gasteiger partial charge in [-0.25, -0.2) is 4.79 Å². The molecule has 0 radical (unpaired) electrons. The van der Waals surface area contributed by atoms with Crippen LogP contribution in [-0.2, 0) is 6.42 Å². The number of benzene rings is 3. The highest BCUT2D eigenvalue weighted by atomic mass is 16.6. The van der Waals surface area contributed by atoms with E-state index in [1.807, 2.05) is 35.2 Å². The number of methoxy groups -OCH3 is 2. The van der Waals surface area contributed by atoms with E-state index in [4.69, 9.17) is 14.2 Å². The summed E-state index contributed by atoms with van der Waals surface area (Å²) in [6, 6.07) is 19.5. The number of hydrogen-bond donors (Lipinski definition) is 0. The van der Waals surface area contributed by atoms with Crippen LogP contribution in [0, 0.1) is 0 Å². The molecule has 0 spiro atoms. The Labute approximate surface area is 229 Å². The average Bonchev–Trinajstić information content (AvgIpc) is 2.95. The highest BCUT2D eigenvalue weighted by Crippen LogP contribution is 2.45. The first-order valence-electron chi connectivity index (χ1n) is 13.3. The molecule has 3 aromatic carbocycles. The molecule has 2 aliphatic heterocycles. The molecule has 2 atom stereocenters. The molecule has 8 nitrogen and oxygen atoms in total. The summed E-state index contributed by atoms with van der Waals surface area (Å²) in [6.45, 7) is 3.02. The SMILES string of the molecule is COc1ccc(C(=O)N2c3ccccc3C(N3CCCc4cc(OC(=O)N(C)C)ccc43)CC2C)cc1OC. The van der Waals surface area contributed by atoms with Crippen LogP contribution in [0.5, 0.6) is 17.2 Å². The lowest BCUT2D eigenvalue weighted by Crippen LogP contribution is -2.47. The van der Waals surface area contributed by atoms with Crippen molar-refractivity contribution in [1.82, 2.24) is 4.90 Å². The number of fused-ring (bicyclic) bond motifs is 2. The molecule has 8 heteroatoms. The number of anilines is 2. The maximum absolute atomic E-state index is 13.9. The third kappa shape index (κ3) is 4.99. The fourth-order valence-corrected chi connectivity index (χ4v) is 5.68. The molecule has 0 aromatic heterocycles. The Morgan fingerprint density at radius 1 is 0.923 bits per heavy atom. The van der Waals surface area contributed by atoms with Gasteiger partial charge < -0.3 is 28.9 Å². The van der Waals surface area contributed by atoms with E-state index in [2.05, 4.69) is 24.0 Å². The Morgan fingerprint density at radius 2 is 1.69 bits per heavy atom. The van der Waals surface area contributed by atoms with Gasteiger partial charge in [0.15, 0.2) is 11.5 Å². The molecule has 39 heavy (non-hydrogen) atoms.